The molecule has 4 heteroatoms. The highest BCUT2D eigenvalue weighted by Gasteiger charge is 2.65. The number of carbonyl (C=O) groups is 2. The number of rotatable bonds is 5. The maximum Gasteiger partial charge on any atom is 0.320 e. The molecule has 4 saturated carbocycles. The highest BCUT2D eigenvalue weighted by Crippen LogP contribution is 2.70. The molecule has 0 aromatic heterocycles. The number of esters is 1. The van der Waals surface area contributed by atoms with Crippen LogP contribution in [0.1, 0.15) is 59.3 Å². The Balaban J connectivity index is 1.52. The van der Waals surface area contributed by atoms with Gasteiger partial charge in [0.05, 0.1) is 0 Å². The summed E-state index contributed by atoms with van der Waals surface area (Å²) < 4.78 is 5.86. The van der Waals surface area contributed by atoms with E-state index in [2.05, 4.69) is 6.92 Å². The van der Waals surface area contributed by atoms with E-state index in [-0.39, 0.29) is 0 Å². The van der Waals surface area contributed by atoms with E-state index in [0.29, 0.717) is 11.8 Å². The highest BCUT2D eigenvalue weighted by atomic mass is 16.6. The summed E-state index contributed by atoms with van der Waals surface area (Å²) in [6.07, 6.45) is 7.54. The molecule has 4 nitrogen and oxygen atoms in total. The molecule has 4 aliphatic rings. The Bertz CT molecular complexity index is 558. The lowest BCUT2D eigenvalue weighted by Crippen LogP contribution is -2.47. The summed E-state index contributed by atoms with van der Waals surface area (Å²) in [5.74, 6) is 2.86. The first-order valence-corrected chi connectivity index (χ1v) is 9.81. The SMILES string of the molecule is CCC(C)(OC(=O)C(C)C(=O)O)C1CC2CC1C1C3CCC(C3)C21. The van der Waals surface area contributed by atoms with Gasteiger partial charge in [-0.2, -0.15) is 0 Å². The molecule has 0 amide bonds. The van der Waals surface area contributed by atoms with Crippen molar-refractivity contribution in [3.8, 4) is 0 Å². The van der Waals surface area contributed by atoms with E-state index in [1.165, 1.54) is 39.0 Å². The summed E-state index contributed by atoms with van der Waals surface area (Å²) in [4.78, 5) is 23.4. The van der Waals surface area contributed by atoms with Crippen molar-refractivity contribution in [3.63, 3.8) is 0 Å². The van der Waals surface area contributed by atoms with Crippen LogP contribution in [0.4, 0.5) is 0 Å². The lowest BCUT2D eigenvalue weighted by molar-refractivity contribution is -0.177. The van der Waals surface area contributed by atoms with Crippen LogP contribution in [0.25, 0.3) is 0 Å². The van der Waals surface area contributed by atoms with Gasteiger partial charge in [0.2, 0.25) is 0 Å². The minimum absolute atomic E-state index is 0.415. The number of aliphatic carboxylic acids is 1. The molecule has 4 aliphatic carbocycles. The third-order valence-corrected chi connectivity index (χ3v) is 8.28. The van der Waals surface area contributed by atoms with Crippen LogP contribution in [0, 0.1) is 47.3 Å². The molecule has 0 aromatic rings. The number of fused-ring (bicyclic) bond motifs is 9. The van der Waals surface area contributed by atoms with Crippen LogP contribution in [-0.4, -0.2) is 22.6 Å². The van der Waals surface area contributed by atoms with Gasteiger partial charge in [0.1, 0.15) is 5.60 Å². The number of carboxylic acids is 1. The predicted octanol–water partition coefficient (Wildman–Crippen LogP) is 3.74. The number of carboxylic acid groups (broad SMARTS) is 1. The van der Waals surface area contributed by atoms with E-state index in [1.807, 2.05) is 6.92 Å². The average Bonchev–Trinajstić information content (AvgIpc) is 3.31. The second-order valence-electron chi connectivity index (χ2n) is 9.14. The maximum atomic E-state index is 12.3. The Morgan fingerprint density at radius 1 is 1.12 bits per heavy atom. The van der Waals surface area contributed by atoms with Gasteiger partial charge in [0.25, 0.3) is 0 Å². The summed E-state index contributed by atoms with van der Waals surface area (Å²) in [6, 6.07) is 0. The fourth-order valence-electron chi connectivity index (χ4n) is 7.10. The maximum absolute atomic E-state index is 12.3. The fourth-order valence-corrected chi connectivity index (χ4v) is 7.10. The van der Waals surface area contributed by atoms with Crippen molar-refractivity contribution < 1.29 is 19.4 Å². The molecule has 24 heavy (non-hydrogen) atoms. The van der Waals surface area contributed by atoms with Crippen LogP contribution in [0.15, 0.2) is 0 Å². The Morgan fingerprint density at radius 2 is 1.79 bits per heavy atom. The first-order valence-electron chi connectivity index (χ1n) is 9.81. The molecular formula is C20H30O4. The van der Waals surface area contributed by atoms with Crippen LogP contribution >= 0.6 is 0 Å². The molecule has 1 N–H and O–H groups in total. The van der Waals surface area contributed by atoms with Crippen molar-refractivity contribution in [2.24, 2.45) is 47.3 Å². The van der Waals surface area contributed by atoms with Crippen LogP contribution in [0.3, 0.4) is 0 Å². The molecule has 0 saturated heterocycles. The molecule has 0 aliphatic heterocycles. The fraction of sp³-hybridized carbons (Fsp3) is 0.900. The van der Waals surface area contributed by atoms with Gasteiger partial charge in [-0.15, -0.1) is 0 Å². The van der Waals surface area contributed by atoms with Crippen LogP contribution in [-0.2, 0) is 14.3 Å². The van der Waals surface area contributed by atoms with E-state index >= 15 is 0 Å². The van der Waals surface area contributed by atoms with Crippen molar-refractivity contribution in [2.75, 3.05) is 0 Å². The van der Waals surface area contributed by atoms with E-state index in [4.69, 9.17) is 9.84 Å². The summed E-state index contributed by atoms with van der Waals surface area (Å²) in [7, 11) is 0. The average molecular weight is 334 g/mol. The normalized spacial score (nSPS) is 45.7. The monoisotopic (exact) mass is 334 g/mol. The van der Waals surface area contributed by atoms with E-state index in [9.17, 15) is 9.59 Å². The zero-order valence-corrected chi connectivity index (χ0v) is 15.0. The zero-order chi connectivity index (χ0) is 17.2. The first kappa shape index (κ1) is 16.4. The van der Waals surface area contributed by atoms with Crippen LogP contribution in [0.5, 0.6) is 0 Å². The number of hydrogen-bond acceptors (Lipinski definition) is 3. The van der Waals surface area contributed by atoms with Gasteiger partial charge in [0, 0.05) is 5.92 Å². The minimum Gasteiger partial charge on any atom is -0.481 e. The van der Waals surface area contributed by atoms with Gasteiger partial charge in [-0.25, -0.2) is 0 Å². The van der Waals surface area contributed by atoms with Crippen molar-refractivity contribution in [1.29, 1.82) is 0 Å². The quantitative estimate of drug-likeness (QED) is 0.473. The Morgan fingerprint density at radius 3 is 2.42 bits per heavy atom. The number of carbonyl (C=O) groups excluding carboxylic acids is 1. The van der Waals surface area contributed by atoms with Crippen molar-refractivity contribution in [2.45, 2.75) is 64.9 Å². The molecule has 9 atom stereocenters. The summed E-state index contributed by atoms with van der Waals surface area (Å²) in [5, 5.41) is 9.09. The molecule has 134 valence electrons. The molecular weight excluding hydrogens is 304 g/mol. The number of ether oxygens (including phenoxy) is 1. The van der Waals surface area contributed by atoms with Gasteiger partial charge in [0.15, 0.2) is 5.92 Å². The lowest BCUT2D eigenvalue weighted by Gasteiger charge is -2.45. The number of hydrogen-bond donors (Lipinski definition) is 1. The van der Waals surface area contributed by atoms with Crippen molar-refractivity contribution in [1.82, 2.24) is 0 Å². The summed E-state index contributed by atoms with van der Waals surface area (Å²) >= 11 is 0. The molecule has 0 aromatic carbocycles. The predicted molar refractivity (Wildman–Crippen MR) is 89.1 cm³/mol. The van der Waals surface area contributed by atoms with Crippen LogP contribution < -0.4 is 0 Å². The van der Waals surface area contributed by atoms with Crippen molar-refractivity contribution >= 4 is 11.9 Å². The minimum atomic E-state index is -1.10. The first-order chi connectivity index (χ1) is 11.4. The van der Waals surface area contributed by atoms with E-state index in [0.717, 1.165) is 36.0 Å². The second kappa shape index (κ2) is 5.47. The lowest BCUT2D eigenvalue weighted by atomic mass is 9.63. The van der Waals surface area contributed by atoms with E-state index in [1.54, 1.807) is 0 Å². The van der Waals surface area contributed by atoms with Gasteiger partial charge in [-0.1, -0.05) is 6.92 Å². The molecule has 0 heterocycles. The molecule has 0 spiro atoms. The van der Waals surface area contributed by atoms with Gasteiger partial charge >= 0.3 is 11.9 Å². The molecule has 0 radical (unpaired) electrons. The Kier molecular flexibility index (Phi) is 3.74. The van der Waals surface area contributed by atoms with Crippen molar-refractivity contribution in [3.05, 3.63) is 0 Å². The molecule has 4 bridgehead atoms. The topological polar surface area (TPSA) is 63.6 Å². The second-order valence-corrected chi connectivity index (χ2v) is 9.14. The third-order valence-electron chi connectivity index (χ3n) is 8.28. The van der Waals surface area contributed by atoms with Gasteiger partial charge in [-0.05, 0) is 87.9 Å². The zero-order valence-electron chi connectivity index (χ0n) is 15.0. The van der Waals surface area contributed by atoms with Crippen LogP contribution in [0.2, 0.25) is 0 Å². The van der Waals surface area contributed by atoms with E-state index < -0.39 is 23.5 Å². The largest absolute Gasteiger partial charge is 0.481 e. The summed E-state index contributed by atoms with van der Waals surface area (Å²) in [6.45, 7) is 5.55. The van der Waals surface area contributed by atoms with Gasteiger partial charge in [-0.3, -0.25) is 9.59 Å². The summed E-state index contributed by atoms with van der Waals surface area (Å²) in [5.41, 5.74) is -0.507. The smallest absolute Gasteiger partial charge is 0.320 e. The molecule has 9 unspecified atom stereocenters. The standard InChI is InChI=1S/C20H30O4/c1-4-20(3,24-19(23)10(2)18(21)22)15-9-13-8-14(15)17-12-6-5-11(7-12)16(13)17/h10-17H,4-9H2,1-3H3,(H,21,22). The Hall–Kier alpha value is -1.06. The molecule has 4 fully saturated rings. The van der Waals surface area contributed by atoms with Gasteiger partial charge < -0.3 is 9.84 Å². The third kappa shape index (κ3) is 2.17. The Labute approximate surface area is 144 Å². The molecule has 4 rings (SSSR count). The highest BCUT2D eigenvalue weighted by molar-refractivity contribution is 5.93.